The number of nitrogens with zero attached hydrogens (tertiary/aromatic N) is 4. The average Bonchev–Trinajstić information content (AvgIpc) is 2.82. The zero-order valence-corrected chi connectivity index (χ0v) is 11.0. The van der Waals surface area contributed by atoms with Crippen molar-refractivity contribution in [2.75, 3.05) is 11.1 Å². The third kappa shape index (κ3) is 3.56. The molecule has 0 atom stereocenters. The summed E-state index contributed by atoms with van der Waals surface area (Å²) in [5.41, 5.74) is 1.13. The third-order valence-corrected chi connectivity index (χ3v) is 3.31. The molecule has 7 heteroatoms. The fourth-order valence-electron chi connectivity index (χ4n) is 1.41. The molecule has 0 aliphatic rings. The second-order valence-corrected chi connectivity index (χ2v) is 4.64. The van der Waals surface area contributed by atoms with Gasteiger partial charge >= 0.3 is 0 Å². The first-order valence-electron chi connectivity index (χ1n) is 5.46. The van der Waals surface area contributed by atoms with E-state index in [4.69, 9.17) is 5.26 Å². The van der Waals surface area contributed by atoms with Crippen LogP contribution in [0.5, 0.6) is 0 Å². The molecule has 0 spiro atoms. The summed E-state index contributed by atoms with van der Waals surface area (Å²) < 4.78 is 1.61. The van der Waals surface area contributed by atoms with Crippen molar-refractivity contribution in [3.8, 4) is 6.07 Å². The number of benzene rings is 1. The van der Waals surface area contributed by atoms with Gasteiger partial charge in [-0.25, -0.2) is 9.67 Å². The maximum Gasteiger partial charge on any atom is 0.234 e. The van der Waals surface area contributed by atoms with E-state index in [2.05, 4.69) is 15.4 Å². The molecule has 19 heavy (non-hydrogen) atoms. The van der Waals surface area contributed by atoms with E-state index in [1.807, 2.05) is 6.07 Å². The lowest BCUT2D eigenvalue weighted by Gasteiger charge is -2.04. The lowest BCUT2D eigenvalue weighted by molar-refractivity contribution is -0.113. The maximum absolute atomic E-state index is 11.7. The van der Waals surface area contributed by atoms with Crippen molar-refractivity contribution < 1.29 is 4.79 Å². The summed E-state index contributed by atoms with van der Waals surface area (Å²) >= 11 is 1.30. The van der Waals surface area contributed by atoms with Gasteiger partial charge in [-0.05, 0) is 18.2 Å². The highest BCUT2D eigenvalue weighted by Gasteiger charge is 2.07. The van der Waals surface area contributed by atoms with Crippen molar-refractivity contribution in [3.05, 3.63) is 36.2 Å². The first-order chi connectivity index (χ1) is 9.19. The molecule has 0 radical (unpaired) electrons. The SMILES string of the molecule is Cn1ncnc1SCC(=O)Nc1cccc(C#N)c1. The molecule has 0 saturated carbocycles. The van der Waals surface area contributed by atoms with Gasteiger partial charge in [0.25, 0.3) is 0 Å². The number of rotatable bonds is 4. The molecule has 0 saturated heterocycles. The molecule has 1 N–H and O–H groups in total. The van der Waals surface area contributed by atoms with E-state index in [-0.39, 0.29) is 11.7 Å². The number of thioether (sulfide) groups is 1. The van der Waals surface area contributed by atoms with Gasteiger partial charge in [0, 0.05) is 12.7 Å². The topological polar surface area (TPSA) is 83.6 Å². The van der Waals surface area contributed by atoms with Crippen molar-refractivity contribution in [1.82, 2.24) is 14.8 Å². The van der Waals surface area contributed by atoms with Crippen molar-refractivity contribution >= 4 is 23.4 Å². The molecular formula is C12H11N5OS. The molecule has 0 aliphatic carbocycles. The van der Waals surface area contributed by atoms with E-state index in [0.717, 1.165) is 0 Å². The molecule has 2 rings (SSSR count). The van der Waals surface area contributed by atoms with Gasteiger partial charge < -0.3 is 5.32 Å². The van der Waals surface area contributed by atoms with E-state index >= 15 is 0 Å². The van der Waals surface area contributed by atoms with Gasteiger partial charge in [-0.3, -0.25) is 4.79 Å². The first-order valence-corrected chi connectivity index (χ1v) is 6.44. The second kappa shape index (κ2) is 6.02. The Morgan fingerprint density at radius 1 is 1.58 bits per heavy atom. The van der Waals surface area contributed by atoms with Crippen LogP contribution in [-0.4, -0.2) is 26.4 Å². The number of anilines is 1. The standard InChI is InChI=1S/C12H11N5OS/c1-17-12(14-8-15-17)19-7-11(18)16-10-4-2-3-9(5-10)6-13/h2-5,8H,7H2,1H3,(H,16,18). The smallest absolute Gasteiger partial charge is 0.234 e. The van der Waals surface area contributed by atoms with Crippen LogP contribution in [0.1, 0.15) is 5.56 Å². The Labute approximate surface area is 114 Å². The molecule has 1 heterocycles. The summed E-state index contributed by atoms with van der Waals surface area (Å²) in [6.07, 6.45) is 1.44. The highest BCUT2D eigenvalue weighted by molar-refractivity contribution is 7.99. The number of carbonyl (C=O) groups is 1. The highest BCUT2D eigenvalue weighted by atomic mass is 32.2. The normalized spacial score (nSPS) is 9.89. The van der Waals surface area contributed by atoms with E-state index in [1.165, 1.54) is 18.1 Å². The van der Waals surface area contributed by atoms with Gasteiger partial charge in [0.1, 0.15) is 6.33 Å². The molecule has 1 aromatic heterocycles. The number of carbonyl (C=O) groups excluding carboxylic acids is 1. The molecule has 1 aromatic carbocycles. The minimum atomic E-state index is -0.150. The molecule has 2 aromatic rings. The zero-order valence-electron chi connectivity index (χ0n) is 10.2. The van der Waals surface area contributed by atoms with E-state index < -0.39 is 0 Å². The number of aromatic nitrogens is 3. The van der Waals surface area contributed by atoms with Crippen LogP contribution in [0.15, 0.2) is 35.7 Å². The Balaban J connectivity index is 1.91. The monoisotopic (exact) mass is 273 g/mol. The van der Waals surface area contributed by atoms with Crippen molar-refractivity contribution in [3.63, 3.8) is 0 Å². The van der Waals surface area contributed by atoms with Crippen molar-refractivity contribution in [2.24, 2.45) is 7.05 Å². The Kier molecular flexibility index (Phi) is 4.15. The maximum atomic E-state index is 11.7. The Morgan fingerprint density at radius 2 is 2.42 bits per heavy atom. The van der Waals surface area contributed by atoms with Crippen LogP contribution in [0.2, 0.25) is 0 Å². The highest BCUT2D eigenvalue weighted by Crippen LogP contribution is 2.14. The fourth-order valence-corrected chi connectivity index (χ4v) is 2.10. The Hall–Kier alpha value is -2.33. The number of aryl methyl sites for hydroxylation is 1. The van der Waals surface area contributed by atoms with Crippen LogP contribution >= 0.6 is 11.8 Å². The van der Waals surface area contributed by atoms with E-state index in [9.17, 15) is 4.79 Å². The van der Waals surface area contributed by atoms with Gasteiger partial charge in [-0.1, -0.05) is 17.8 Å². The van der Waals surface area contributed by atoms with Gasteiger partial charge in [-0.15, -0.1) is 0 Å². The van der Waals surface area contributed by atoms with Gasteiger partial charge in [0.15, 0.2) is 5.16 Å². The van der Waals surface area contributed by atoms with Crippen LogP contribution in [0.4, 0.5) is 5.69 Å². The molecule has 0 bridgehead atoms. The zero-order chi connectivity index (χ0) is 13.7. The Bertz CT molecular complexity index is 631. The molecule has 6 nitrogen and oxygen atoms in total. The molecule has 0 aliphatic heterocycles. The van der Waals surface area contributed by atoms with Crippen LogP contribution in [-0.2, 0) is 11.8 Å². The summed E-state index contributed by atoms with van der Waals surface area (Å²) in [7, 11) is 1.77. The van der Waals surface area contributed by atoms with Crippen LogP contribution < -0.4 is 5.32 Å². The molecule has 96 valence electrons. The van der Waals surface area contributed by atoms with Gasteiger partial charge in [0.05, 0.1) is 17.4 Å². The average molecular weight is 273 g/mol. The van der Waals surface area contributed by atoms with Crippen LogP contribution in [0.3, 0.4) is 0 Å². The first kappa shape index (κ1) is 13.1. The number of amides is 1. The van der Waals surface area contributed by atoms with Crippen molar-refractivity contribution in [1.29, 1.82) is 5.26 Å². The number of hydrogen-bond donors (Lipinski definition) is 1. The summed E-state index contributed by atoms with van der Waals surface area (Å²) in [6.45, 7) is 0. The third-order valence-electron chi connectivity index (χ3n) is 2.28. The summed E-state index contributed by atoms with van der Waals surface area (Å²) in [4.78, 5) is 15.8. The lowest BCUT2D eigenvalue weighted by atomic mass is 10.2. The predicted octanol–water partition coefficient (Wildman–Crippen LogP) is 1.42. The van der Waals surface area contributed by atoms with E-state index in [0.29, 0.717) is 16.4 Å². The van der Waals surface area contributed by atoms with Gasteiger partial charge in [0.2, 0.25) is 5.91 Å². The largest absolute Gasteiger partial charge is 0.325 e. The summed E-state index contributed by atoms with van der Waals surface area (Å²) in [6, 6.07) is 8.81. The number of nitrogens with one attached hydrogen (secondary N) is 1. The summed E-state index contributed by atoms with van der Waals surface area (Å²) in [5.74, 6) is 0.0895. The molecular weight excluding hydrogens is 262 g/mol. The Morgan fingerprint density at radius 3 is 3.11 bits per heavy atom. The quantitative estimate of drug-likeness (QED) is 0.852. The molecule has 0 fully saturated rings. The molecule has 1 amide bonds. The van der Waals surface area contributed by atoms with E-state index in [1.54, 1.807) is 36.0 Å². The predicted molar refractivity (Wildman–Crippen MR) is 71.5 cm³/mol. The molecule has 0 unspecified atom stereocenters. The number of hydrogen-bond acceptors (Lipinski definition) is 5. The number of nitriles is 1. The second-order valence-electron chi connectivity index (χ2n) is 3.70. The minimum Gasteiger partial charge on any atom is -0.325 e. The van der Waals surface area contributed by atoms with Gasteiger partial charge in [-0.2, -0.15) is 10.4 Å². The lowest BCUT2D eigenvalue weighted by Crippen LogP contribution is -2.14. The van der Waals surface area contributed by atoms with Crippen LogP contribution in [0.25, 0.3) is 0 Å². The fraction of sp³-hybridized carbons (Fsp3) is 0.167. The van der Waals surface area contributed by atoms with Crippen LogP contribution in [0, 0.1) is 11.3 Å². The summed E-state index contributed by atoms with van der Waals surface area (Å²) in [5, 5.41) is 16.1. The minimum absolute atomic E-state index is 0.150. The van der Waals surface area contributed by atoms with Crippen molar-refractivity contribution in [2.45, 2.75) is 5.16 Å².